The molecule has 2 aliphatic rings. The molecule has 0 atom stereocenters. The lowest BCUT2D eigenvalue weighted by Gasteiger charge is -2.56. The van der Waals surface area contributed by atoms with Crippen molar-refractivity contribution < 1.29 is 83.8 Å². The molecule has 0 saturated heterocycles. The van der Waals surface area contributed by atoms with Crippen molar-refractivity contribution in [2.75, 3.05) is 4.90 Å². The van der Waals surface area contributed by atoms with Crippen LogP contribution in [-0.2, 0) is 51.9 Å². The zero-order chi connectivity index (χ0) is 81.7. The Kier molecular flexibility index (Phi) is 23.4. The van der Waals surface area contributed by atoms with Crippen LogP contribution in [0.5, 0.6) is 0 Å². The maximum absolute atomic E-state index is 14.2. The monoisotopic (exact) mass is 1510 g/mol. The lowest BCUT2D eigenvalue weighted by Crippen LogP contribution is -2.60. The van der Waals surface area contributed by atoms with Gasteiger partial charge in [0.2, 0.25) is 5.41 Å². The Morgan fingerprint density at radius 3 is 0.972 bits per heavy atom. The van der Waals surface area contributed by atoms with Gasteiger partial charge in [-0.2, -0.15) is 79.0 Å². The number of hydrogen-bond donors (Lipinski definition) is 0. The molecule has 0 fully saturated rings. The van der Waals surface area contributed by atoms with E-state index in [0.29, 0.717) is 28.8 Å². The predicted molar refractivity (Wildman–Crippen MR) is 388 cm³/mol. The zero-order valence-electron chi connectivity index (χ0n) is 65.2. The van der Waals surface area contributed by atoms with Crippen LogP contribution in [-0.4, -0.2) is 18.3 Å². The topological polar surface area (TPSA) is 20.3 Å². The van der Waals surface area contributed by atoms with Crippen LogP contribution in [0.15, 0.2) is 152 Å². The summed E-state index contributed by atoms with van der Waals surface area (Å²) in [4.78, 5) is 14.7. The average Bonchev–Trinajstić information content (AvgIpc) is 1.57. The molecule has 0 bridgehead atoms. The first-order valence-electron chi connectivity index (χ1n) is 34.9. The number of rotatable bonds is 4. The highest BCUT2D eigenvalue weighted by Crippen LogP contribution is 2.66. The number of halogens is 18. The number of aryl methyl sites for hydroxylation is 1. The second-order valence-electron chi connectivity index (χ2n) is 36.4. The zero-order valence-corrected chi connectivity index (χ0v) is 65.2. The van der Waals surface area contributed by atoms with Crippen LogP contribution in [0.1, 0.15) is 255 Å². The van der Waals surface area contributed by atoms with Crippen molar-refractivity contribution in [3.63, 3.8) is 0 Å². The Hall–Kier alpha value is -7.25. The van der Waals surface area contributed by atoms with Gasteiger partial charge in [-0.1, -0.05) is 275 Å². The number of benzene rings is 7. The van der Waals surface area contributed by atoms with E-state index in [2.05, 4.69) is 95.2 Å². The molecule has 20 heteroatoms. The lowest BCUT2D eigenvalue weighted by molar-refractivity contribution is -0.288. The van der Waals surface area contributed by atoms with Crippen LogP contribution in [0.2, 0.25) is 0 Å². The minimum atomic E-state index is -5.57. The summed E-state index contributed by atoms with van der Waals surface area (Å²) in [6.45, 7) is 49.9. The van der Waals surface area contributed by atoms with Gasteiger partial charge >= 0.3 is 37.1 Å². The number of carbonyl (C=O) groups is 1. The van der Waals surface area contributed by atoms with Gasteiger partial charge < -0.3 is 0 Å². The molecule has 0 radical (unpaired) electrons. The molecule has 0 spiro atoms. The van der Waals surface area contributed by atoms with Gasteiger partial charge in [-0.3, -0.25) is 9.69 Å². The Balaban J connectivity index is 0.000000225. The SMILES string of the molecule is CC(C)(C)C(c1ccc(C(F)(F)F)cc1)C(C)(C)C.CC(C)(C)C1(C(C)(C)C)c2ccccc2C(=O)N1c1cc(C(F)(F)F)cc(C(F)(F)F)c1.CC(C)(C)c1ccc(C(c2ccc(C(C)(C)C)cc2)(C(F)(F)F)C(F)(F)F)cc1.Cc1ccc2c(c1)-c1cc(C(F)(F)F)ccc1C2(C(C)(C)C)C(C)(C)C. The molecule has 582 valence electrons. The van der Waals surface area contributed by atoms with Crippen molar-refractivity contribution in [1.29, 1.82) is 0 Å². The van der Waals surface area contributed by atoms with E-state index in [1.54, 1.807) is 42.5 Å². The first-order chi connectivity index (χ1) is 47.3. The van der Waals surface area contributed by atoms with Gasteiger partial charge in [-0.05, 0) is 160 Å². The van der Waals surface area contributed by atoms with E-state index in [4.69, 9.17) is 0 Å². The van der Waals surface area contributed by atoms with Crippen LogP contribution in [0.25, 0.3) is 11.1 Å². The molecule has 0 aromatic heterocycles. The molecule has 0 unspecified atom stereocenters. The number of amides is 1. The predicted octanol–water partition coefficient (Wildman–Crippen LogP) is 28.6. The van der Waals surface area contributed by atoms with E-state index in [0.717, 1.165) is 62.5 Å². The molecular formula is C86H101F18NO. The smallest absolute Gasteiger partial charge is 0.297 e. The summed E-state index contributed by atoms with van der Waals surface area (Å²) in [7, 11) is 0. The van der Waals surface area contributed by atoms with Gasteiger partial charge in [0.15, 0.2) is 0 Å². The average molecular weight is 1510 g/mol. The van der Waals surface area contributed by atoms with E-state index in [1.165, 1.54) is 48.5 Å². The van der Waals surface area contributed by atoms with Gasteiger partial charge in [0, 0.05) is 16.7 Å². The minimum absolute atomic E-state index is 0.00198. The molecule has 2 nitrogen and oxygen atoms in total. The fourth-order valence-corrected chi connectivity index (χ4v) is 17.3. The quantitative estimate of drug-likeness (QED) is 0.161. The number of anilines is 1. The summed E-state index contributed by atoms with van der Waals surface area (Å²) in [6, 6.07) is 33.2. The highest BCUT2D eigenvalue weighted by Gasteiger charge is 2.73. The highest BCUT2D eigenvalue weighted by atomic mass is 19.4. The van der Waals surface area contributed by atoms with Crippen molar-refractivity contribution in [3.05, 3.63) is 230 Å². The highest BCUT2D eigenvalue weighted by molar-refractivity contribution is 6.12. The summed E-state index contributed by atoms with van der Waals surface area (Å²) >= 11 is 0. The largest absolute Gasteiger partial charge is 0.416 e. The summed E-state index contributed by atoms with van der Waals surface area (Å²) < 4.78 is 244. The summed E-state index contributed by atoms with van der Waals surface area (Å²) in [5.74, 6) is -0.430. The fraction of sp³-hybridized carbons (Fsp3) is 0.500. The van der Waals surface area contributed by atoms with Crippen LogP contribution in [0.4, 0.5) is 84.7 Å². The van der Waals surface area contributed by atoms with Crippen LogP contribution >= 0.6 is 0 Å². The van der Waals surface area contributed by atoms with Crippen molar-refractivity contribution in [2.45, 2.75) is 243 Å². The lowest BCUT2D eigenvalue weighted by atomic mass is 9.50. The van der Waals surface area contributed by atoms with Crippen LogP contribution in [0.3, 0.4) is 0 Å². The molecule has 0 saturated carbocycles. The van der Waals surface area contributed by atoms with Gasteiger partial charge in [0.25, 0.3) is 5.91 Å². The molecule has 1 aliphatic heterocycles. The van der Waals surface area contributed by atoms with E-state index in [9.17, 15) is 83.8 Å². The Morgan fingerprint density at radius 1 is 0.311 bits per heavy atom. The van der Waals surface area contributed by atoms with E-state index >= 15 is 0 Å². The Labute approximate surface area is 614 Å². The second kappa shape index (κ2) is 28.3. The summed E-state index contributed by atoms with van der Waals surface area (Å²) in [6.07, 6.45) is -29.8. The summed E-state index contributed by atoms with van der Waals surface area (Å²) in [5.41, 5.74) is -6.52. The maximum atomic E-state index is 14.2. The fourth-order valence-electron chi connectivity index (χ4n) is 17.3. The molecule has 9 rings (SSSR count). The Bertz CT molecular complexity index is 4090. The van der Waals surface area contributed by atoms with Crippen molar-refractivity contribution in [3.8, 4) is 11.1 Å². The third-order valence-corrected chi connectivity index (χ3v) is 20.5. The van der Waals surface area contributed by atoms with Crippen molar-refractivity contribution >= 4 is 11.6 Å². The van der Waals surface area contributed by atoms with E-state index in [-0.39, 0.29) is 44.6 Å². The maximum Gasteiger partial charge on any atom is 0.416 e. The first kappa shape index (κ1) is 87.7. The molecular weight excluding hydrogens is 1400 g/mol. The van der Waals surface area contributed by atoms with Crippen LogP contribution in [0, 0.1) is 39.4 Å². The molecule has 7 aromatic rings. The van der Waals surface area contributed by atoms with Gasteiger partial charge in [-0.25, -0.2) is 0 Å². The van der Waals surface area contributed by atoms with Gasteiger partial charge in [-0.15, -0.1) is 0 Å². The standard InChI is InChI=1S/C24H25F6NO.C23H26F6.C23H27F3.C16H23F3/c1-20(2,3)22(21(4,5)6)18-10-8-7-9-17(18)19(32)31(22)16-12-14(23(25,26)27)11-15(13-16)24(28,29)30;1-19(2,3)15-7-11-17(12-8-15)21(22(24,25)26,23(27,28)29)18-13-9-16(10-14-18)20(4,5)6;1-14-8-10-18-16(12-14)17-13-15(23(24,25)26)9-11-19(17)22(18,20(2,3)4)21(5,6)7;1-14(2,3)13(15(4,5)6)11-7-9-12(10-8-11)16(17,18)19/h7-13H,1-6H3;7-14H,1-6H3;8-13H,1-7H3;7-10,13H,1-6H3. The van der Waals surface area contributed by atoms with Crippen LogP contribution < -0.4 is 4.90 Å². The number of alkyl halides is 18. The first-order valence-corrected chi connectivity index (χ1v) is 34.9. The molecule has 1 aliphatic carbocycles. The van der Waals surface area contributed by atoms with E-state index in [1.807, 2.05) is 96.1 Å². The molecule has 7 aromatic carbocycles. The van der Waals surface area contributed by atoms with Crippen molar-refractivity contribution in [1.82, 2.24) is 0 Å². The summed E-state index contributed by atoms with van der Waals surface area (Å²) in [5, 5.41) is 0. The number of fused-ring (bicyclic) bond motifs is 4. The third kappa shape index (κ3) is 16.8. The molecule has 1 heterocycles. The molecule has 106 heavy (non-hydrogen) atoms. The van der Waals surface area contributed by atoms with Crippen molar-refractivity contribution in [2.24, 2.45) is 32.5 Å². The van der Waals surface area contributed by atoms with Gasteiger partial charge in [0.05, 0.1) is 27.8 Å². The number of carbonyl (C=O) groups excluding carboxylic acids is 1. The number of hydrogen-bond acceptors (Lipinski definition) is 1. The minimum Gasteiger partial charge on any atom is -0.297 e. The molecule has 1 amide bonds. The second-order valence-corrected chi connectivity index (χ2v) is 36.4. The van der Waals surface area contributed by atoms with E-state index < -0.39 is 115 Å². The van der Waals surface area contributed by atoms with Gasteiger partial charge in [0.1, 0.15) is 0 Å². The Morgan fingerprint density at radius 2 is 0.642 bits per heavy atom. The normalized spacial score (nSPS) is 15.5. The third-order valence-electron chi connectivity index (χ3n) is 20.5. The molecule has 0 N–H and O–H groups in total. The number of nitrogens with zero attached hydrogens (tertiary/aromatic N) is 1.